The van der Waals surface area contributed by atoms with Crippen molar-refractivity contribution in [3.63, 3.8) is 0 Å². The summed E-state index contributed by atoms with van der Waals surface area (Å²) < 4.78 is 63.2. The molecule has 4 rings (SSSR count). The van der Waals surface area contributed by atoms with Crippen LogP contribution in [0.4, 0.5) is 17.6 Å². The van der Waals surface area contributed by atoms with Crippen molar-refractivity contribution >= 4 is 0 Å². The lowest BCUT2D eigenvalue weighted by molar-refractivity contribution is 0.415. The molecule has 2 nitrogen and oxygen atoms in total. The second-order valence-electron chi connectivity index (χ2n) is 6.96. The molecule has 0 aliphatic rings. The summed E-state index contributed by atoms with van der Waals surface area (Å²) in [5, 5.41) is 0. The number of methoxy groups -OCH3 is 1. The lowest BCUT2D eigenvalue weighted by Crippen LogP contribution is -2.02. The molecule has 1 aromatic heterocycles. The highest BCUT2D eigenvalue weighted by atomic mass is 19.1. The van der Waals surface area contributed by atoms with Crippen LogP contribution in [0, 0.1) is 30.2 Å². The number of hydrogen-bond acceptors (Lipinski definition) is 2. The first-order valence-electron chi connectivity index (χ1n) is 9.44. The fraction of sp³-hybridized carbons (Fsp3) is 0.0800. The van der Waals surface area contributed by atoms with Gasteiger partial charge in [-0.05, 0) is 30.7 Å². The van der Waals surface area contributed by atoms with Gasteiger partial charge in [-0.1, -0.05) is 30.3 Å². The summed E-state index contributed by atoms with van der Waals surface area (Å²) in [5.74, 6) is -3.17. The van der Waals surface area contributed by atoms with Gasteiger partial charge in [0.05, 0.1) is 12.7 Å². The molecule has 0 amide bonds. The Labute approximate surface area is 176 Å². The maximum atomic E-state index is 14.8. The summed E-state index contributed by atoms with van der Waals surface area (Å²) in [6, 6.07) is 14.1. The molecule has 0 bridgehead atoms. The molecule has 0 fully saturated rings. The van der Waals surface area contributed by atoms with Crippen molar-refractivity contribution < 1.29 is 22.3 Å². The fourth-order valence-corrected chi connectivity index (χ4v) is 3.66. The maximum absolute atomic E-state index is 14.8. The molecule has 0 aliphatic carbocycles. The maximum Gasteiger partial charge on any atom is 0.136 e. The molecule has 31 heavy (non-hydrogen) atoms. The molecule has 0 atom stereocenters. The number of aromatic nitrogens is 1. The van der Waals surface area contributed by atoms with Gasteiger partial charge in [0, 0.05) is 46.3 Å². The van der Waals surface area contributed by atoms with E-state index in [-0.39, 0.29) is 11.1 Å². The van der Waals surface area contributed by atoms with E-state index < -0.39 is 28.8 Å². The van der Waals surface area contributed by atoms with E-state index >= 15 is 0 Å². The van der Waals surface area contributed by atoms with Crippen LogP contribution in [-0.2, 0) is 0 Å². The van der Waals surface area contributed by atoms with E-state index in [4.69, 9.17) is 4.74 Å². The van der Waals surface area contributed by atoms with Crippen LogP contribution in [0.1, 0.15) is 5.69 Å². The molecular formula is C25H17F4NO. The smallest absolute Gasteiger partial charge is 0.136 e. The van der Waals surface area contributed by atoms with Crippen LogP contribution in [0.15, 0.2) is 66.9 Å². The Morgan fingerprint density at radius 2 is 1.42 bits per heavy atom. The van der Waals surface area contributed by atoms with Crippen molar-refractivity contribution in [1.82, 2.24) is 4.98 Å². The zero-order valence-corrected chi connectivity index (χ0v) is 16.7. The number of ether oxygens (including phenoxy) is 1. The van der Waals surface area contributed by atoms with Crippen molar-refractivity contribution in [3.05, 3.63) is 95.8 Å². The molecule has 0 aliphatic heterocycles. The van der Waals surface area contributed by atoms with Gasteiger partial charge < -0.3 is 4.74 Å². The van der Waals surface area contributed by atoms with Crippen LogP contribution in [0.2, 0.25) is 0 Å². The molecule has 0 saturated heterocycles. The lowest BCUT2D eigenvalue weighted by Gasteiger charge is -2.19. The molecule has 0 saturated carbocycles. The Bertz CT molecular complexity index is 1260. The highest BCUT2D eigenvalue weighted by Crippen LogP contribution is 2.44. The van der Waals surface area contributed by atoms with E-state index in [0.717, 1.165) is 0 Å². The van der Waals surface area contributed by atoms with Crippen LogP contribution in [0.5, 0.6) is 5.75 Å². The second kappa shape index (κ2) is 8.22. The summed E-state index contributed by atoms with van der Waals surface area (Å²) in [4.78, 5) is 4.28. The Balaban J connectivity index is 2.15. The largest absolute Gasteiger partial charge is 0.497 e. The Morgan fingerprint density at radius 1 is 0.710 bits per heavy atom. The third-order valence-corrected chi connectivity index (χ3v) is 5.05. The van der Waals surface area contributed by atoms with Gasteiger partial charge in [0.1, 0.15) is 29.0 Å². The summed E-state index contributed by atoms with van der Waals surface area (Å²) >= 11 is 0. The zero-order chi connectivity index (χ0) is 22.1. The highest BCUT2D eigenvalue weighted by molar-refractivity contribution is 5.95. The molecule has 0 spiro atoms. The van der Waals surface area contributed by atoms with Crippen molar-refractivity contribution in [3.8, 4) is 39.1 Å². The first-order valence-corrected chi connectivity index (χ1v) is 9.44. The third kappa shape index (κ3) is 3.77. The number of aryl methyl sites for hydroxylation is 1. The number of rotatable bonds is 4. The van der Waals surface area contributed by atoms with E-state index in [2.05, 4.69) is 4.98 Å². The number of halogens is 4. The average Bonchev–Trinajstić information content (AvgIpc) is 2.74. The van der Waals surface area contributed by atoms with Crippen molar-refractivity contribution in [2.45, 2.75) is 6.92 Å². The fourth-order valence-electron chi connectivity index (χ4n) is 3.66. The van der Waals surface area contributed by atoms with Crippen molar-refractivity contribution in [2.24, 2.45) is 0 Å². The van der Waals surface area contributed by atoms with Crippen LogP contribution >= 0.6 is 0 Å². The minimum Gasteiger partial charge on any atom is -0.497 e. The minimum absolute atomic E-state index is 0.115. The number of nitrogens with zero attached hydrogens (tertiary/aromatic N) is 1. The van der Waals surface area contributed by atoms with Gasteiger partial charge in [0.15, 0.2) is 0 Å². The van der Waals surface area contributed by atoms with E-state index in [0.29, 0.717) is 40.3 Å². The quantitative estimate of drug-likeness (QED) is 0.331. The molecule has 3 aromatic carbocycles. The average molecular weight is 423 g/mol. The van der Waals surface area contributed by atoms with Gasteiger partial charge in [-0.3, -0.25) is 4.98 Å². The van der Waals surface area contributed by atoms with Crippen LogP contribution in [0.25, 0.3) is 33.4 Å². The van der Waals surface area contributed by atoms with Crippen LogP contribution in [0.3, 0.4) is 0 Å². The molecule has 4 aromatic rings. The summed E-state index contributed by atoms with van der Waals surface area (Å²) in [5.41, 5.74) is 1.46. The van der Waals surface area contributed by atoms with Gasteiger partial charge in [0.25, 0.3) is 0 Å². The second-order valence-corrected chi connectivity index (χ2v) is 6.96. The van der Waals surface area contributed by atoms with E-state index in [1.807, 2.05) is 0 Å². The Hall–Kier alpha value is -3.67. The molecule has 0 radical (unpaired) electrons. The summed E-state index contributed by atoms with van der Waals surface area (Å²) in [6.45, 7) is 1.59. The van der Waals surface area contributed by atoms with E-state index in [9.17, 15) is 17.6 Å². The molecule has 6 heteroatoms. The van der Waals surface area contributed by atoms with Gasteiger partial charge >= 0.3 is 0 Å². The molecule has 156 valence electrons. The van der Waals surface area contributed by atoms with Gasteiger partial charge in [-0.15, -0.1) is 0 Å². The Kier molecular flexibility index (Phi) is 5.46. The molecular weight excluding hydrogens is 406 g/mol. The first kappa shape index (κ1) is 20.6. The molecule has 1 heterocycles. The first-order chi connectivity index (χ1) is 14.9. The number of hydrogen-bond donors (Lipinski definition) is 0. The number of benzene rings is 3. The van der Waals surface area contributed by atoms with Gasteiger partial charge in [-0.2, -0.15) is 0 Å². The van der Waals surface area contributed by atoms with Crippen molar-refractivity contribution in [1.29, 1.82) is 0 Å². The summed E-state index contributed by atoms with van der Waals surface area (Å²) in [7, 11) is 1.49. The van der Waals surface area contributed by atoms with Gasteiger partial charge in [0.2, 0.25) is 0 Å². The minimum atomic E-state index is -1.07. The predicted molar refractivity (Wildman–Crippen MR) is 112 cm³/mol. The highest BCUT2D eigenvalue weighted by Gasteiger charge is 2.24. The van der Waals surface area contributed by atoms with Crippen LogP contribution < -0.4 is 4.74 Å². The predicted octanol–water partition coefficient (Wildman–Crippen LogP) is 6.96. The molecule has 0 unspecified atom stereocenters. The SMILES string of the molecule is COc1cccc(-c2c(-c3ccccc3F)cnc(C)c2-c2c(F)cc(F)cc2F)c1. The normalized spacial score (nSPS) is 10.9. The zero-order valence-electron chi connectivity index (χ0n) is 16.7. The monoisotopic (exact) mass is 423 g/mol. The van der Waals surface area contributed by atoms with Crippen LogP contribution in [-0.4, -0.2) is 12.1 Å². The third-order valence-electron chi connectivity index (χ3n) is 5.05. The van der Waals surface area contributed by atoms with Crippen molar-refractivity contribution in [2.75, 3.05) is 7.11 Å². The van der Waals surface area contributed by atoms with E-state index in [1.54, 1.807) is 49.4 Å². The van der Waals surface area contributed by atoms with Gasteiger partial charge in [-0.25, -0.2) is 17.6 Å². The topological polar surface area (TPSA) is 22.1 Å². The van der Waals surface area contributed by atoms with E-state index in [1.165, 1.54) is 19.4 Å². The Morgan fingerprint density at radius 3 is 2.10 bits per heavy atom. The standard InChI is InChI=1S/C25H17F4NO/c1-14-23(25-21(28)11-16(26)12-22(25)29)24(15-6-5-7-17(10-15)31-2)19(13-30-14)18-8-3-4-9-20(18)27/h3-13H,1-2H3. The summed E-state index contributed by atoms with van der Waals surface area (Å²) in [6.07, 6.45) is 1.46. The lowest BCUT2D eigenvalue weighted by atomic mass is 9.87. The molecule has 0 N–H and O–H groups in total. The number of pyridine rings is 1.